The Morgan fingerprint density at radius 2 is 2.00 bits per heavy atom. The van der Waals surface area contributed by atoms with Gasteiger partial charge in [0.15, 0.2) is 0 Å². The molecular formula is C5H10KNO3S. The molecule has 0 aliphatic heterocycles. The number of rotatable bonds is 4. The second kappa shape index (κ2) is 7.67. The van der Waals surface area contributed by atoms with E-state index in [1.807, 2.05) is 6.07 Å². The average molecular weight is 203 g/mol. The first kappa shape index (κ1) is 14.6. The fourth-order valence-corrected chi connectivity index (χ4v) is 1.06. The Bertz CT molecular complexity index is 223. The van der Waals surface area contributed by atoms with E-state index in [1.54, 1.807) is 0 Å². The van der Waals surface area contributed by atoms with E-state index in [-0.39, 0.29) is 58.6 Å². The monoisotopic (exact) mass is 203 g/mol. The Kier molecular flexibility index (Phi) is 10.2. The summed E-state index contributed by atoms with van der Waals surface area (Å²) in [5.41, 5.74) is 0. The van der Waals surface area contributed by atoms with Gasteiger partial charge in [0.25, 0.3) is 10.1 Å². The minimum Gasteiger partial charge on any atom is -1.00 e. The Morgan fingerprint density at radius 3 is 2.36 bits per heavy atom. The molecule has 0 rings (SSSR count). The van der Waals surface area contributed by atoms with E-state index < -0.39 is 10.1 Å². The zero-order chi connectivity index (χ0) is 8.04. The van der Waals surface area contributed by atoms with Gasteiger partial charge in [-0.3, -0.25) is 4.55 Å². The fourth-order valence-electron chi connectivity index (χ4n) is 0.489. The summed E-state index contributed by atoms with van der Waals surface area (Å²) in [7, 11) is -3.81. The van der Waals surface area contributed by atoms with Crippen LogP contribution in [0.15, 0.2) is 0 Å². The minimum atomic E-state index is -3.81. The van der Waals surface area contributed by atoms with Crippen molar-refractivity contribution >= 4 is 10.1 Å². The Labute approximate surface area is 111 Å². The van der Waals surface area contributed by atoms with Crippen LogP contribution in [-0.4, -0.2) is 18.7 Å². The molecule has 0 saturated heterocycles. The van der Waals surface area contributed by atoms with Gasteiger partial charge in [-0.2, -0.15) is 13.7 Å². The Morgan fingerprint density at radius 1 is 1.45 bits per heavy atom. The third-order valence-electron chi connectivity index (χ3n) is 0.941. The molecule has 11 heavy (non-hydrogen) atoms. The number of nitrogens with zero attached hydrogens (tertiary/aromatic N) is 1. The van der Waals surface area contributed by atoms with Crippen LogP contribution in [0.3, 0.4) is 0 Å². The quantitative estimate of drug-likeness (QED) is 0.316. The summed E-state index contributed by atoms with van der Waals surface area (Å²) in [5.74, 6) is -0.241. The predicted octanol–water partition coefficient (Wildman–Crippen LogP) is -2.32. The van der Waals surface area contributed by atoms with Gasteiger partial charge in [-0.1, -0.05) is 0 Å². The van der Waals surface area contributed by atoms with Crippen LogP contribution in [0.2, 0.25) is 0 Å². The van der Waals surface area contributed by atoms with Crippen molar-refractivity contribution in [3.05, 3.63) is 0 Å². The summed E-state index contributed by atoms with van der Waals surface area (Å²) in [6.45, 7) is 0. The van der Waals surface area contributed by atoms with Crippen molar-refractivity contribution in [2.45, 2.75) is 19.3 Å². The van der Waals surface area contributed by atoms with Crippen LogP contribution in [0.4, 0.5) is 0 Å². The SMILES string of the molecule is N#CCCCCS(=O)(=O)O.[H-].[K+]. The molecule has 4 nitrogen and oxygen atoms in total. The van der Waals surface area contributed by atoms with Crippen LogP contribution in [0.25, 0.3) is 0 Å². The van der Waals surface area contributed by atoms with Crippen LogP contribution in [0.1, 0.15) is 20.7 Å². The molecule has 0 aliphatic carbocycles. The molecule has 0 bridgehead atoms. The molecule has 60 valence electrons. The van der Waals surface area contributed by atoms with Crippen molar-refractivity contribution in [2.24, 2.45) is 0 Å². The molecule has 0 atom stereocenters. The van der Waals surface area contributed by atoms with E-state index in [0.29, 0.717) is 19.3 Å². The third kappa shape index (κ3) is 14.0. The van der Waals surface area contributed by atoms with Gasteiger partial charge in [-0.25, -0.2) is 0 Å². The Hall–Kier alpha value is 1.04. The first-order chi connectivity index (χ1) is 4.56. The number of unbranched alkanes of at least 4 members (excludes halogenated alkanes) is 2. The largest absolute Gasteiger partial charge is 1.00 e. The first-order valence-corrected chi connectivity index (χ1v) is 4.49. The van der Waals surface area contributed by atoms with Gasteiger partial charge < -0.3 is 1.43 Å². The van der Waals surface area contributed by atoms with E-state index in [0.717, 1.165) is 0 Å². The summed E-state index contributed by atoms with van der Waals surface area (Å²) in [6.07, 6.45) is 1.22. The van der Waals surface area contributed by atoms with Gasteiger partial charge in [0, 0.05) is 6.42 Å². The van der Waals surface area contributed by atoms with Crippen molar-refractivity contribution in [1.82, 2.24) is 0 Å². The van der Waals surface area contributed by atoms with E-state index in [1.165, 1.54) is 0 Å². The first-order valence-electron chi connectivity index (χ1n) is 2.88. The average Bonchev–Trinajstić information content (AvgIpc) is 1.78. The molecule has 6 heteroatoms. The van der Waals surface area contributed by atoms with Crippen molar-refractivity contribution < 1.29 is 65.8 Å². The van der Waals surface area contributed by atoms with Gasteiger partial charge >= 0.3 is 51.4 Å². The van der Waals surface area contributed by atoms with Crippen molar-refractivity contribution in [3.63, 3.8) is 0 Å². The van der Waals surface area contributed by atoms with Crippen LogP contribution >= 0.6 is 0 Å². The summed E-state index contributed by atoms with van der Waals surface area (Å²) in [5, 5.41) is 8.03. The fraction of sp³-hybridized carbons (Fsp3) is 0.800. The van der Waals surface area contributed by atoms with Crippen LogP contribution in [0, 0.1) is 11.3 Å². The third-order valence-corrected chi connectivity index (χ3v) is 1.75. The molecule has 0 unspecified atom stereocenters. The molecule has 0 radical (unpaired) electrons. The van der Waals surface area contributed by atoms with Gasteiger partial charge in [-0.05, 0) is 12.8 Å². The summed E-state index contributed by atoms with van der Waals surface area (Å²) in [4.78, 5) is 0. The van der Waals surface area contributed by atoms with Gasteiger partial charge in [0.2, 0.25) is 0 Å². The topological polar surface area (TPSA) is 78.2 Å². The van der Waals surface area contributed by atoms with Crippen LogP contribution < -0.4 is 51.4 Å². The second-order valence-corrected chi connectivity index (χ2v) is 3.47. The van der Waals surface area contributed by atoms with Crippen molar-refractivity contribution in [3.8, 4) is 6.07 Å². The number of hydrogen-bond donors (Lipinski definition) is 1. The van der Waals surface area contributed by atoms with Gasteiger partial charge in [0.1, 0.15) is 0 Å². The predicted molar refractivity (Wildman–Crippen MR) is 37.0 cm³/mol. The molecule has 0 fully saturated rings. The van der Waals surface area contributed by atoms with E-state index in [2.05, 4.69) is 0 Å². The van der Waals surface area contributed by atoms with Crippen LogP contribution in [-0.2, 0) is 10.1 Å². The maximum Gasteiger partial charge on any atom is 1.00 e. The van der Waals surface area contributed by atoms with E-state index in [4.69, 9.17) is 9.81 Å². The van der Waals surface area contributed by atoms with E-state index in [9.17, 15) is 8.42 Å². The summed E-state index contributed by atoms with van der Waals surface area (Å²) < 4.78 is 28.3. The van der Waals surface area contributed by atoms with E-state index >= 15 is 0 Å². The molecule has 0 amide bonds. The van der Waals surface area contributed by atoms with Gasteiger partial charge in [0.05, 0.1) is 11.8 Å². The zero-order valence-electron chi connectivity index (χ0n) is 7.45. The van der Waals surface area contributed by atoms with Crippen molar-refractivity contribution in [1.29, 1.82) is 5.26 Å². The second-order valence-electron chi connectivity index (χ2n) is 1.90. The molecular weight excluding hydrogens is 193 g/mol. The van der Waals surface area contributed by atoms with Gasteiger partial charge in [-0.15, -0.1) is 0 Å². The summed E-state index contributed by atoms with van der Waals surface area (Å²) in [6, 6.07) is 1.88. The molecule has 0 heterocycles. The minimum absolute atomic E-state index is 0. The molecule has 0 aromatic carbocycles. The Balaban J connectivity index is -0.000000405. The molecule has 0 spiro atoms. The molecule has 0 aliphatic rings. The number of hydrogen-bond acceptors (Lipinski definition) is 3. The summed E-state index contributed by atoms with van der Waals surface area (Å²) >= 11 is 0. The standard InChI is InChI=1S/C5H9NO3S.K.H/c6-4-2-1-3-5-10(7,8)9;;/h1-3,5H2,(H,7,8,9);;/q;+1;-1. The maximum atomic E-state index is 10.1. The molecule has 0 aromatic rings. The molecule has 1 N–H and O–H groups in total. The normalized spacial score (nSPS) is 9.82. The van der Waals surface area contributed by atoms with Crippen LogP contribution in [0.5, 0.6) is 0 Å². The smallest absolute Gasteiger partial charge is 1.00 e. The molecule has 0 aromatic heterocycles. The van der Waals surface area contributed by atoms with Crippen molar-refractivity contribution in [2.75, 3.05) is 5.75 Å². The number of nitriles is 1. The zero-order valence-corrected chi connectivity index (χ0v) is 10.4. The maximum absolute atomic E-state index is 10.1. The molecule has 0 saturated carbocycles.